The largest absolute Gasteiger partial charge is 0.337 e. The Balaban J connectivity index is 1.86. The van der Waals surface area contributed by atoms with Crippen molar-refractivity contribution in [3.8, 4) is 0 Å². The molecule has 0 saturated carbocycles. The topological polar surface area (TPSA) is 49.4 Å². The normalized spacial score (nSPS) is 14.4. The van der Waals surface area contributed by atoms with E-state index in [1.807, 2.05) is 43.3 Å². The molecule has 3 rings (SSSR count). The number of carbonyl (C=O) groups excluding carboxylic acids is 2. The molecule has 2 amide bonds. The smallest absolute Gasteiger partial charge is 0.270 e. The van der Waals surface area contributed by atoms with E-state index in [9.17, 15) is 9.59 Å². The molecule has 0 radical (unpaired) electrons. The molecule has 0 bridgehead atoms. The average molecular weight is 413 g/mol. The third-order valence-electron chi connectivity index (χ3n) is 4.37. The van der Waals surface area contributed by atoms with Crippen molar-refractivity contribution in [2.24, 2.45) is 0 Å². The van der Waals surface area contributed by atoms with Crippen LogP contribution in [0.2, 0.25) is 0 Å². The Morgan fingerprint density at radius 3 is 2.23 bits per heavy atom. The molecule has 1 heterocycles. The summed E-state index contributed by atoms with van der Waals surface area (Å²) in [7, 11) is 0. The summed E-state index contributed by atoms with van der Waals surface area (Å²) < 4.78 is 0.964. The van der Waals surface area contributed by atoms with Crippen molar-refractivity contribution in [2.45, 2.75) is 19.8 Å². The minimum absolute atomic E-state index is 0.133. The second-order valence-corrected chi connectivity index (χ2v) is 7.34. The summed E-state index contributed by atoms with van der Waals surface area (Å²) in [5.74, 6) is -0.410. The first kappa shape index (κ1) is 18.4. The summed E-state index contributed by atoms with van der Waals surface area (Å²) in [5.41, 5.74) is 2.78. The van der Waals surface area contributed by atoms with Crippen LogP contribution < -0.4 is 5.32 Å². The third kappa shape index (κ3) is 4.61. The number of hydrogen-bond donors (Lipinski definition) is 1. The molecular weight excluding hydrogens is 392 g/mol. The van der Waals surface area contributed by atoms with E-state index in [1.54, 1.807) is 23.1 Å². The van der Waals surface area contributed by atoms with Gasteiger partial charge in [0.25, 0.3) is 11.8 Å². The van der Waals surface area contributed by atoms with Crippen LogP contribution in [-0.2, 0) is 4.79 Å². The minimum Gasteiger partial charge on any atom is -0.337 e. The van der Waals surface area contributed by atoms with Crippen molar-refractivity contribution in [2.75, 3.05) is 13.1 Å². The van der Waals surface area contributed by atoms with E-state index in [0.717, 1.165) is 41.5 Å². The lowest BCUT2D eigenvalue weighted by molar-refractivity contribution is -0.126. The van der Waals surface area contributed by atoms with E-state index in [1.165, 1.54) is 0 Å². The first-order valence-electron chi connectivity index (χ1n) is 8.67. The molecule has 0 spiro atoms. The number of halogens is 1. The van der Waals surface area contributed by atoms with Crippen LogP contribution in [0.25, 0.3) is 6.08 Å². The second-order valence-electron chi connectivity index (χ2n) is 6.43. The summed E-state index contributed by atoms with van der Waals surface area (Å²) in [6, 6.07) is 14.9. The van der Waals surface area contributed by atoms with Gasteiger partial charge >= 0.3 is 0 Å². The van der Waals surface area contributed by atoms with Gasteiger partial charge in [-0.3, -0.25) is 9.59 Å². The zero-order chi connectivity index (χ0) is 18.5. The lowest BCUT2D eigenvalue weighted by Crippen LogP contribution is -2.36. The molecule has 1 saturated heterocycles. The summed E-state index contributed by atoms with van der Waals surface area (Å²) in [5, 5.41) is 2.81. The molecule has 1 aliphatic rings. The monoisotopic (exact) mass is 412 g/mol. The van der Waals surface area contributed by atoms with Gasteiger partial charge in [-0.2, -0.15) is 0 Å². The van der Waals surface area contributed by atoms with Crippen molar-refractivity contribution in [3.63, 3.8) is 0 Å². The average Bonchev–Trinajstić information content (AvgIpc) is 3.17. The fourth-order valence-electron chi connectivity index (χ4n) is 2.87. The number of hydrogen-bond acceptors (Lipinski definition) is 2. The molecule has 0 aliphatic carbocycles. The van der Waals surface area contributed by atoms with Crippen molar-refractivity contribution in [1.29, 1.82) is 0 Å². The number of carbonyl (C=O) groups is 2. The first-order chi connectivity index (χ1) is 12.5. The molecule has 0 aromatic heterocycles. The van der Waals surface area contributed by atoms with E-state index in [2.05, 4.69) is 21.2 Å². The highest BCUT2D eigenvalue weighted by molar-refractivity contribution is 9.10. The zero-order valence-corrected chi connectivity index (χ0v) is 16.3. The van der Waals surface area contributed by atoms with Crippen LogP contribution >= 0.6 is 15.9 Å². The summed E-state index contributed by atoms with van der Waals surface area (Å²) in [4.78, 5) is 27.3. The molecule has 26 heavy (non-hydrogen) atoms. The fourth-order valence-corrected chi connectivity index (χ4v) is 3.13. The summed E-state index contributed by atoms with van der Waals surface area (Å²) in [6.07, 6.45) is 3.74. The van der Waals surface area contributed by atoms with Gasteiger partial charge < -0.3 is 10.2 Å². The first-order valence-corrected chi connectivity index (χ1v) is 9.47. The molecule has 2 aromatic rings. The highest BCUT2D eigenvalue weighted by atomic mass is 79.9. The van der Waals surface area contributed by atoms with Crippen LogP contribution in [0.5, 0.6) is 0 Å². The highest BCUT2D eigenvalue weighted by Gasteiger charge is 2.23. The standard InChI is InChI=1S/C21H21BrN2O2/c1-15-4-8-17(9-5-15)20(25)23-19(21(26)24-12-2-3-13-24)14-16-6-10-18(22)11-7-16/h4-11,14H,2-3,12-13H2,1H3,(H,23,25). The Bertz CT molecular complexity index is 820. The zero-order valence-electron chi connectivity index (χ0n) is 14.7. The van der Waals surface area contributed by atoms with Crippen molar-refractivity contribution >= 4 is 33.8 Å². The minimum atomic E-state index is -0.277. The summed E-state index contributed by atoms with van der Waals surface area (Å²) >= 11 is 3.41. The Morgan fingerprint density at radius 1 is 1.00 bits per heavy atom. The predicted octanol–water partition coefficient (Wildman–Crippen LogP) is 4.15. The molecule has 2 aromatic carbocycles. The van der Waals surface area contributed by atoms with Gasteiger partial charge in [-0.15, -0.1) is 0 Å². The number of nitrogens with zero attached hydrogens (tertiary/aromatic N) is 1. The molecule has 5 heteroatoms. The number of amides is 2. The fraction of sp³-hybridized carbons (Fsp3) is 0.238. The number of rotatable bonds is 4. The van der Waals surface area contributed by atoms with Crippen molar-refractivity contribution in [3.05, 3.63) is 75.4 Å². The SMILES string of the molecule is Cc1ccc(C(=O)NC(=Cc2ccc(Br)cc2)C(=O)N2CCCC2)cc1. The Hall–Kier alpha value is -2.40. The molecule has 4 nitrogen and oxygen atoms in total. The number of aryl methyl sites for hydroxylation is 1. The Labute approximate surface area is 162 Å². The van der Waals surface area contributed by atoms with E-state index < -0.39 is 0 Å². The van der Waals surface area contributed by atoms with Crippen LogP contribution in [0, 0.1) is 6.92 Å². The van der Waals surface area contributed by atoms with Crippen molar-refractivity contribution in [1.82, 2.24) is 10.2 Å². The van der Waals surface area contributed by atoms with Crippen LogP contribution in [0.4, 0.5) is 0 Å². The Kier molecular flexibility index (Phi) is 5.89. The second kappa shape index (κ2) is 8.32. The summed E-state index contributed by atoms with van der Waals surface area (Å²) in [6.45, 7) is 3.44. The van der Waals surface area contributed by atoms with Crippen LogP contribution in [0.3, 0.4) is 0 Å². The van der Waals surface area contributed by atoms with E-state index in [4.69, 9.17) is 0 Å². The van der Waals surface area contributed by atoms with Gasteiger partial charge in [-0.25, -0.2) is 0 Å². The van der Waals surface area contributed by atoms with Gasteiger partial charge in [-0.05, 0) is 55.7 Å². The molecule has 0 atom stereocenters. The lowest BCUT2D eigenvalue weighted by Gasteiger charge is -2.18. The van der Waals surface area contributed by atoms with Gasteiger partial charge in [-0.1, -0.05) is 45.8 Å². The molecule has 134 valence electrons. The highest BCUT2D eigenvalue weighted by Crippen LogP contribution is 2.16. The lowest BCUT2D eigenvalue weighted by atomic mass is 10.1. The van der Waals surface area contributed by atoms with Gasteiger partial charge in [0.05, 0.1) is 0 Å². The maximum absolute atomic E-state index is 12.9. The van der Waals surface area contributed by atoms with Gasteiger partial charge in [0.15, 0.2) is 0 Å². The van der Waals surface area contributed by atoms with Gasteiger partial charge in [0.2, 0.25) is 0 Å². The van der Waals surface area contributed by atoms with Crippen LogP contribution in [0.15, 0.2) is 58.7 Å². The van der Waals surface area contributed by atoms with E-state index in [-0.39, 0.29) is 11.8 Å². The quantitative estimate of drug-likeness (QED) is 0.766. The van der Waals surface area contributed by atoms with E-state index >= 15 is 0 Å². The van der Waals surface area contributed by atoms with Crippen LogP contribution in [0.1, 0.15) is 34.3 Å². The maximum atomic E-state index is 12.9. The molecule has 0 unspecified atom stereocenters. The van der Waals surface area contributed by atoms with Crippen molar-refractivity contribution < 1.29 is 9.59 Å². The number of likely N-dealkylation sites (tertiary alicyclic amines) is 1. The van der Waals surface area contributed by atoms with Crippen LogP contribution in [-0.4, -0.2) is 29.8 Å². The van der Waals surface area contributed by atoms with Gasteiger partial charge in [0.1, 0.15) is 5.70 Å². The Morgan fingerprint density at radius 2 is 1.62 bits per heavy atom. The molecular formula is C21H21BrN2O2. The number of nitrogens with one attached hydrogen (secondary N) is 1. The molecule has 1 N–H and O–H groups in total. The third-order valence-corrected chi connectivity index (χ3v) is 4.90. The van der Waals surface area contributed by atoms with Gasteiger partial charge in [0, 0.05) is 23.1 Å². The number of benzene rings is 2. The molecule has 1 aliphatic heterocycles. The maximum Gasteiger partial charge on any atom is 0.270 e. The predicted molar refractivity (Wildman–Crippen MR) is 107 cm³/mol. The molecule has 1 fully saturated rings. The van der Waals surface area contributed by atoms with E-state index in [0.29, 0.717) is 11.3 Å².